The number of unbranched alkanes of at least 4 members (excludes halogenated alkanes) is 1. The zero-order valence-corrected chi connectivity index (χ0v) is 15.6. The van der Waals surface area contributed by atoms with Crippen molar-refractivity contribution in [3.8, 4) is 0 Å². The van der Waals surface area contributed by atoms with Gasteiger partial charge in [0, 0.05) is 6.08 Å². The van der Waals surface area contributed by atoms with Gasteiger partial charge in [0.25, 0.3) is 0 Å². The molecule has 0 aliphatic rings. The van der Waals surface area contributed by atoms with Crippen LogP contribution in [0, 0.1) is 11.8 Å². The predicted molar refractivity (Wildman–Crippen MR) is 95.9 cm³/mol. The minimum absolute atomic E-state index is 0.244. The maximum Gasteiger partial charge on any atom is 0.331 e. The number of rotatable bonds is 11. The van der Waals surface area contributed by atoms with Crippen molar-refractivity contribution in [1.82, 2.24) is 0 Å². The maximum absolute atomic E-state index is 11.4. The summed E-state index contributed by atoms with van der Waals surface area (Å²) in [6.45, 7) is 13.2. The van der Waals surface area contributed by atoms with Crippen molar-refractivity contribution in [1.29, 1.82) is 0 Å². The Labute approximate surface area is 138 Å². The van der Waals surface area contributed by atoms with Crippen LogP contribution in [0.4, 0.5) is 0 Å². The van der Waals surface area contributed by atoms with Gasteiger partial charge in [0.1, 0.15) is 0 Å². The lowest BCUT2D eigenvalue weighted by Crippen LogP contribution is -2.00. The Morgan fingerprint density at radius 1 is 1.00 bits per heavy atom. The number of carbonyl (C=O) groups excluding carboxylic acids is 1. The molecule has 1 atom stereocenters. The van der Waals surface area contributed by atoms with E-state index >= 15 is 0 Å². The first kappa shape index (κ1) is 20.9. The summed E-state index contributed by atoms with van der Waals surface area (Å²) in [6.07, 6.45) is 11.5. The molecule has 0 heterocycles. The van der Waals surface area contributed by atoms with E-state index in [2.05, 4.69) is 33.8 Å². The highest BCUT2D eigenvalue weighted by Gasteiger charge is 2.03. The summed E-state index contributed by atoms with van der Waals surface area (Å²) in [6, 6.07) is 0. The molecular weight excluding hydrogens is 272 g/mol. The van der Waals surface area contributed by atoms with Crippen LogP contribution in [0.5, 0.6) is 0 Å². The van der Waals surface area contributed by atoms with E-state index in [0.717, 1.165) is 23.8 Å². The van der Waals surface area contributed by atoms with E-state index in [9.17, 15) is 4.79 Å². The van der Waals surface area contributed by atoms with Crippen LogP contribution < -0.4 is 0 Å². The van der Waals surface area contributed by atoms with Crippen molar-refractivity contribution in [3.63, 3.8) is 0 Å². The van der Waals surface area contributed by atoms with Gasteiger partial charge in [-0.25, -0.2) is 4.79 Å². The van der Waals surface area contributed by atoms with E-state index in [1.54, 1.807) is 6.08 Å². The second-order valence-electron chi connectivity index (χ2n) is 6.83. The van der Waals surface area contributed by atoms with E-state index in [1.807, 2.05) is 13.8 Å². The molecule has 2 nitrogen and oxygen atoms in total. The van der Waals surface area contributed by atoms with E-state index in [4.69, 9.17) is 4.74 Å². The summed E-state index contributed by atoms with van der Waals surface area (Å²) < 4.78 is 4.93. The second kappa shape index (κ2) is 12.5. The third kappa shape index (κ3) is 11.6. The van der Waals surface area contributed by atoms with E-state index in [-0.39, 0.29) is 5.97 Å². The number of ether oxygens (including phenoxy) is 1. The largest absolute Gasteiger partial charge is 0.463 e. The lowest BCUT2D eigenvalue weighted by Gasteiger charge is -2.11. The second-order valence-corrected chi connectivity index (χ2v) is 6.83. The van der Waals surface area contributed by atoms with Crippen molar-refractivity contribution in [3.05, 3.63) is 23.3 Å². The molecule has 0 rings (SSSR count). The number of hydrogen-bond donors (Lipinski definition) is 0. The van der Waals surface area contributed by atoms with E-state index in [0.29, 0.717) is 6.61 Å². The third-order valence-electron chi connectivity index (χ3n) is 4.08. The van der Waals surface area contributed by atoms with E-state index in [1.165, 1.54) is 37.7 Å². The maximum atomic E-state index is 11.4. The van der Waals surface area contributed by atoms with Gasteiger partial charge in [0.05, 0.1) is 6.61 Å². The highest BCUT2D eigenvalue weighted by atomic mass is 16.5. The lowest BCUT2D eigenvalue weighted by atomic mass is 9.95. The molecule has 2 heteroatoms. The molecule has 0 spiro atoms. The first-order valence-electron chi connectivity index (χ1n) is 8.89. The average Bonchev–Trinajstić information content (AvgIpc) is 2.43. The molecule has 0 saturated heterocycles. The van der Waals surface area contributed by atoms with Gasteiger partial charge in [-0.1, -0.05) is 58.1 Å². The first-order valence-corrected chi connectivity index (χ1v) is 8.89. The molecule has 1 unspecified atom stereocenters. The standard InChI is InChI=1S/C20H36O2/c1-7-22-20(21)15-19(6)18(5)14-10-13-17(4)12-9-8-11-16(2)3/h14-17H,7-13H2,1-6H3. The van der Waals surface area contributed by atoms with Crippen LogP contribution in [-0.4, -0.2) is 12.6 Å². The molecule has 0 aliphatic carbocycles. The topological polar surface area (TPSA) is 26.3 Å². The average molecular weight is 309 g/mol. The fourth-order valence-electron chi connectivity index (χ4n) is 2.41. The smallest absolute Gasteiger partial charge is 0.331 e. The minimum atomic E-state index is -0.244. The molecular formula is C20H36O2. The van der Waals surface area contributed by atoms with Crippen molar-refractivity contribution in [2.24, 2.45) is 11.8 Å². The van der Waals surface area contributed by atoms with Gasteiger partial charge in [-0.15, -0.1) is 0 Å². The highest BCUT2D eigenvalue weighted by molar-refractivity contribution is 5.83. The van der Waals surface area contributed by atoms with Gasteiger partial charge in [-0.2, -0.15) is 0 Å². The van der Waals surface area contributed by atoms with Crippen LogP contribution in [-0.2, 0) is 9.53 Å². The summed E-state index contributed by atoms with van der Waals surface area (Å²) in [5.74, 6) is 1.37. The van der Waals surface area contributed by atoms with Gasteiger partial charge in [0.15, 0.2) is 0 Å². The summed E-state index contributed by atoms with van der Waals surface area (Å²) in [4.78, 5) is 11.4. The Kier molecular flexibility index (Phi) is 11.9. The van der Waals surface area contributed by atoms with Crippen LogP contribution in [0.3, 0.4) is 0 Å². The van der Waals surface area contributed by atoms with Gasteiger partial charge < -0.3 is 4.74 Å². The summed E-state index contributed by atoms with van der Waals surface area (Å²) in [7, 11) is 0. The fourth-order valence-corrected chi connectivity index (χ4v) is 2.41. The molecule has 0 bridgehead atoms. The molecule has 0 saturated carbocycles. The molecule has 0 aromatic carbocycles. The summed E-state index contributed by atoms with van der Waals surface area (Å²) in [5.41, 5.74) is 2.18. The SMILES string of the molecule is CCOC(=O)C=C(C)C(C)=CCCC(C)CCCCC(C)C. The first-order chi connectivity index (χ1) is 10.4. The number of esters is 1. The van der Waals surface area contributed by atoms with Crippen LogP contribution >= 0.6 is 0 Å². The molecule has 0 fully saturated rings. The lowest BCUT2D eigenvalue weighted by molar-refractivity contribution is -0.137. The Morgan fingerprint density at radius 3 is 2.23 bits per heavy atom. The third-order valence-corrected chi connectivity index (χ3v) is 4.08. The van der Waals surface area contributed by atoms with Crippen molar-refractivity contribution >= 4 is 5.97 Å². The number of hydrogen-bond acceptors (Lipinski definition) is 2. The van der Waals surface area contributed by atoms with E-state index < -0.39 is 0 Å². The predicted octanol–water partition coefficient (Wildman–Crippen LogP) is 6.07. The van der Waals surface area contributed by atoms with Crippen LogP contribution in [0.15, 0.2) is 23.3 Å². The van der Waals surface area contributed by atoms with Gasteiger partial charge in [-0.05, 0) is 51.0 Å². The monoisotopic (exact) mass is 308 g/mol. The number of carbonyl (C=O) groups is 1. The Balaban J connectivity index is 4.01. The normalized spacial score (nSPS) is 14.3. The highest BCUT2D eigenvalue weighted by Crippen LogP contribution is 2.18. The zero-order valence-electron chi connectivity index (χ0n) is 15.6. The Bertz CT molecular complexity index is 364. The van der Waals surface area contributed by atoms with Crippen molar-refractivity contribution in [2.75, 3.05) is 6.61 Å². The summed E-state index contributed by atoms with van der Waals surface area (Å²) in [5, 5.41) is 0. The Morgan fingerprint density at radius 2 is 1.64 bits per heavy atom. The minimum Gasteiger partial charge on any atom is -0.463 e. The molecule has 128 valence electrons. The molecule has 0 N–H and O–H groups in total. The fraction of sp³-hybridized carbons (Fsp3) is 0.750. The van der Waals surface area contributed by atoms with Crippen LogP contribution in [0.1, 0.15) is 80.1 Å². The molecule has 0 aliphatic heterocycles. The molecule has 22 heavy (non-hydrogen) atoms. The number of allylic oxidation sites excluding steroid dienone is 3. The van der Waals surface area contributed by atoms with Crippen molar-refractivity contribution in [2.45, 2.75) is 80.1 Å². The van der Waals surface area contributed by atoms with Crippen LogP contribution in [0.2, 0.25) is 0 Å². The quantitative estimate of drug-likeness (QED) is 0.200. The molecule has 0 amide bonds. The zero-order chi connectivity index (χ0) is 17.0. The van der Waals surface area contributed by atoms with Gasteiger partial charge in [-0.3, -0.25) is 0 Å². The Hall–Kier alpha value is -1.05. The van der Waals surface area contributed by atoms with Gasteiger partial charge in [0.2, 0.25) is 0 Å². The van der Waals surface area contributed by atoms with Crippen LogP contribution in [0.25, 0.3) is 0 Å². The molecule has 0 radical (unpaired) electrons. The van der Waals surface area contributed by atoms with Gasteiger partial charge >= 0.3 is 5.97 Å². The molecule has 0 aromatic rings. The van der Waals surface area contributed by atoms with Crippen molar-refractivity contribution < 1.29 is 9.53 Å². The molecule has 0 aromatic heterocycles. The summed E-state index contributed by atoms with van der Waals surface area (Å²) >= 11 is 0.